The third kappa shape index (κ3) is 4.60. The number of benzene rings is 1. The maximum absolute atomic E-state index is 12.1. The number of halogens is 2. The number of rotatable bonds is 6. The molecule has 0 aromatic heterocycles. The van der Waals surface area contributed by atoms with Gasteiger partial charge in [0.15, 0.2) is 0 Å². The molecule has 0 bridgehead atoms. The van der Waals surface area contributed by atoms with Crippen LogP contribution in [0.2, 0.25) is 10.0 Å². The third-order valence-electron chi connectivity index (χ3n) is 2.32. The smallest absolute Gasteiger partial charge is 0.242 e. The Hall–Kier alpha value is -0.860. The molecular weight excluding hydrogens is 327 g/mol. The van der Waals surface area contributed by atoms with Gasteiger partial charge in [0, 0.05) is 11.6 Å². The Morgan fingerprint density at radius 1 is 1.40 bits per heavy atom. The van der Waals surface area contributed by atoms with E-state index >= 15 is 0 Å². The monoisotopic (exact) mass is 340 g/mol. The Kier molecular flexibility index (Phi) is 6.22. The summed E-state index contributed by atoms with van der Waals surface area (Å²) in [4.78, 5) is 11.4. The van der Waals surface area contributed by atoms with Gasteiger partial charge in [-0.3, -0.25) is 4.79 Å². The average molecular weight is 341 g/mol. The molecule has 1 aromatic carbocycles. The number of aliphatic hydroxyl groups excluding tert-OH is 1. The van der Waals surface area contributed by atoms with Crippen molar-refractivity contribution < 1.29 is 18.3 Å². The Balaban J connectivity index is 2.89. The fourth-order valence-corrected chi connectivity index (χ4v) is 3.33. The molecule has 0 saturated heterocycles. The highest BCUT2D eigenvalue weighted by Crippen LogP contribution is 2.24. The molecule has 0 aliphatic carbocycles. The minimum Gasteiger partial charge on any atom is -0.395 e. The van der Waals surface area contributed by atoms with Crippen LogP contribution in [-0.2, 0) is 14.8 Å². The highest BCUT2D eigenvalue weighted by molar-refractivity contribution is 7.89. The molecule has 0 aliphatic rings. The van der Waals surface area contributed by atoms with Crippen LogP contribution in [0.3, 0.4) is 0 Å². The minimum absolute atomic E-state index is 0.00451. The van der Waals surface area contributed by atoms with Gasteiger partial charge in [0.05, 0.1) is 17.7 Å². The van der Waals surface area contributed by atoms with Crippen LogP contribution in [0, 0.1) is 0 Å². The second kappa shape index (κ2) is 7.24. The minimum atomic E-state index is -3.97. The molecule has 0 saturated carbocycles. The van der Waals surface area contributed by atoms with Gasteiger partial charge < -0.3 is 10.4 Å². The fraction of sp³-hybridized carbons (Fsp3) is 0.364. The molecule has 1 amide bonds. The summed E-state index contributed by atoms with van der Waals surface area (Å²) < 4.78 is 26.4. The van der Waals surface area contributed by atoms with E-state index in [-0.39, 0.29) is 28.1 Å². The first-order chi connectivity index (χ1) is 9.27. The number of hydrogen-bond donors (Lipinski definition) is 3. The molecule has 0 radical (unpaired) electrons. The molecule has 0 spiro atoms. The van der Waals surface area contributed by atoms with E-state index in [4.69, 9.17) is 28.3 Å². The van der Waals surface area contributed by atoms with Crippen molar-refractivity contribution in [3.63, 3.8) is 0 Å². The van der Waals surface area contributed by atoms with E-state index in [0.29, 0.717) is 0 Å². The lowest BCUT2D eigenvalue weighted by atomic mass is 10.3. The highest BCUT2D eigenvalue weighted by atomic mass is 35.5. The molecule has 112 valence electrons. The third-order valence-corrected chi connectivity index (χ3v) is 4.58. The number of nitrogens with one attached hydrogen (secondary N) is 2. The van der Waals surface area contributed by atoms with Gasteiger partial charge in [0.25, 0.3) is 0 Å². The number of carbonyl (C=O) groups is 1. The van der Waals surface area contributed by atoms with Gasteiger partial charge >= 0.3 is 0 Å². The predicted octanol–water partition coefficient (Wildman–Crippen LogP) is 0.769. The van der Waals surface area contributed by atoms with Crippen molar-refractivity contribution >= 4 is 39.1 Å². The summed E-state index contributed by atoms with van der Waals surface area (Å²) >= 11 is 11.5. The maximum Gasteiger partial charge on any atom is 0.242 e. The normalized spacial score (nSPS) is 13.0. The zero-order valence-corrected chi connectivity index (χ0v) is 12.9. The second-order valence-electron chi connectivity index (χ2n) is 3.93. The molecule has 1 aromatic rings. The number of carbonyl (C=O) groups excluding carboxylic acids is 1. The van der Waals surface area contributed by atoms with Gasteiger partial charge in [-0.2, -0.15) is 4.72 Å². The summed E-state index contributed by atoms with van der Waals surface area (Å²) in [5, 5.41) is 11.2. The molecular formula is C11H14Cl2N2O4S. The van der Waals surface area contributed by atoms with E-state index in [1.807, 2.05) is 0 Å². The van der Waals surface area contributed by atoms with Gasteiger partial charge in [-0.15, -0.1) is 0 Å². The largest absolute Gasteiger partial charge is 0.395 e. The van der Waals surface area contributed by atoms with Crippen molar-refractivity contribution in [2.45, 2.75) is 17.9 Å². The molecule has 0 fully saturated rings. The van der Waals surface area contributed by atoms with Crippen LogP contribution in [-0.4, -0.2) is 38.6 Å². The van der Waals surface area contributed by atoms with Gasteiger partial charge in [-0.25, -0.2) is 8.42 Å². The van der Waals surface area contributed by atoms with Crippen LogP contribution in [0.15, 0.2) is 23.1 Å². The molecule has 20 heavy (non-hydrogen) atoms. The summed E-state index contributed by atoms with van der Waals surface area (Å²) in [5.74, 6) is -0.555. The SMILES string of the molecule is C[C@H](NS(=O)(=O)c1cc(Cl)ccc1Cl)C(=O)NCCO. The van der Waals surface area contributed by atoms with E-state index in [2.05, 4.69) is 10.0 Å². The molecule has 0 unspecified atom stereocenters. The number of sulfonamides is 1. The lowest BCUT2D eigenvalue weighted by molar-refractivity contribution is -0.122. The summed E-state index contributed by atoms with van der Waals surface area (Å²) in [6.45, 7) is 1.19. The zero-order chi connectivity index (χ0) is 15.3. The molecule has 0 aliphatic heterocycles. The van der Waals surface area contributed by atoms with Gasteiger partial charge in [0.1, 0.15) is 4.90 Å². The molecule has 1 rings (SSSR count). The lowest BCUT2D eigenvalue weighted by Crippen LogP contribution is -2.45. The maximum atomic E-state index is 12.1. The summed E-state index contributed by atoms with van der Waals surface area (Å²) in [7, 11) is -3.97. The molecule has 1 atom stereocenters. The molecule has 0 heterocycles. The highest BCUT2D eigenvalue weighted by Gasteiger charge is 2.24. The van der Waals surface area contributed by atoms with E-state index in [0.717, 1.165) is 0 Å². The fourth-order valence-electron chi connectivity index (χ4n) is 1.37. The second-order valence-corrected chi connectivity index (χ2v) is 6.46. The van der Waals surface area contributed by atoms with Gasteiger partial charge in [-0.05, 0) is 25.1 Å². The van der Waals surface area contributed by atoms with E-state index in [1.54, 1.807) is 0 Å². The van der Waals surface area contributed by atoms with Crippen LogP contribution in [0.25, 0.3) is 0 Å². The quantitative estimate of drug-likeness (QED) is 0.712. The first kappa shape index (κ1) is 17.2. The van der Waals surface area contributed by atoms with Gasteiger partial charge in [0.2, 0.25) is 15.9 Å². The Morgan fingerprint density at radius 2 is 2.05 bits per heavy atom. The van der Waals surface area contributed by atoms with Gasteiger partial charge in [-0.1, -0.05) is 23.2 Å². The van der Waals surface area contributed by atoms with Crippen LogP contribution < -0.4 is 10.0 Å². The van der Waals surface area contributed by atoms with Crippen molar-refractivity contribution in [3.05, 3.63) is 28.2 Å². The van der Waals surface area contributed by atoms with Crippen molar-refractivity contribution in [2.24, 2.45) is 0 Å². The lowest BCUT2D eigenvalue weighted by Gasteiger charge is -2.14. The average Bonchev–Trinajstić information content (AvgIpc) is 2.38. The van der Waals surface area contributed by atoms with Crippen LogP contribution in [0.4, 0.5) is 0 Å². The standard InChI is InChI=1S/C11H14Cl2N2O4S/c1-7(11(17)14-4-5-16)15-20(18,19)10-6-8(12)2-3-9(10)13/h2-3,6-7,15-16H,4-5H2,1H3,(H,14,17)/t7-/m0/s1. The number of hydrogen-bond acceptors (Lipinski definition) is 4. The van der Waals surface area contributed by atoms with E-state index in [1.165, 1.54) is 25.1 Å². The molecule has 6 nitrogen and oxygen atoms in total. The van der Waals surface area contributed by atoms with Crippen LogP contribution >= 0.6 is 23.2 Å². The summed E-state index contributed by atoms with van der Waals surface area (Å²) in [6.07, 6.45) is 0. The van der Waals surface area contributed by atoms with Crippen molar-refractivity contribution in [1.29, 1.82) is 0 Å². The Bertz CT molecular complexity index is 592. The first-order valence-corrected chi connectivity index (χ1v) is 7.88. The first-order valence-electron chi connectivity index (χ1n) is 5.64. The number of aliphatic hydroxyl groups is 1. The van der Waals surface area contributed by atoms with Crippen LogP contribution in [0.5, 0.6) is 0 Å². The van der Waals surface area contributed by atoms with Crippen molar-refractivity contribution in [1.82, 2.24) is 10.0 Å². The summed E-state index contributed by atoms with van der Waals surface area (Å²) in [5.41, 5.74) is 0. The zero-order valence-electron chi connectivity index (χ0n) is 10.6. The topological polar surface area (TPSA) is 95.5 Å². The number of amides is 1. The Labute approximate surface area is 127 Å². The van der Waals surface area contributed by atoms with Crippen molar-refractivity contribution in [2.75, 3.05) is 13.2 Å². The van der Waals surface area contributed by atoms with E-state index in [9.17, 15) is 13.2 Å². The molecule has 3 N–H and O–H groups in total. The molecule has 9 heteroatoms. The predicted molar refractivity (Wildman–Crippen MR) is 76.3 cm³/mol. The van der Waals surface area contributed by atoms with Crippen LogP contribution in [0.1, 0.15) is 6.92 Å². The van der Waals surface area contributed by atoms with Crippen molar-refractivity contribution in [3.8, 4) is 0 Å². The Morgan fingerprint density at radius 3 is 2.65 bits per heavy atom. The summed E-state index contributed by atoms with van der Waals surface area (Å²) in [6, 6.07) is 3.00. The van der Waals surface area contributed by atoms with E-state index < -0.39 is 22.0 Å².